The van der Waals surface area contributed by atoms with Crippen LogP contribution in [0.1, 0.15) is 22.7 Å². The molecule has 106 valence electrons. The number of halogens is 2. The molecule has 0 spiro atoms. The molecule has 1 atom stereocenters. The molecule has 2 rings (SSSR count). The largest absolute Gasteiger partial charge is 0.497 e. The van der Waals surface area contributed by atoms with Crippen molar-refractivity contribution in [3.05, 3.63) is 62.5 Å². The van der Waals surface area contributed by atoms with Crippen LogP contribution in [0, 0.1) is 16.3 Å². The summed E-state index contributed by atoms with van der Waals surface area (Å²) < 4.78 is 19.3. The topological polar surface area (TPSA) is 47.3 Å². The highest BCUT2D eigenvalue weighted by Crippen LogP contribution is 2.30. The van der Waals surface area contributed by atoms with E-state index in [0.717, 1.165) is 26.0 Å². The molecular formula is C15H16FIN2O. The van der Waals surface area contributed by atoms with Crippen molar-refractivity contribution in [2.45, 2.75) is 13.0 Å². The van der Waals surface area contributed by atoms with E-state index in [4.69, 9.17) is 10.6 Å². The van der Waals surface area contributed by atoms with Crippen LogP contribution in [0.4, 0.5) is 4.39 Å². The summed E-state index contributed by atoms with van der Waals surface area (Å²) in [5.41, 5.74) is 5.85. The van der Waals surface area contributed by atoms with Gasteiger partial charge < -0.3 is 4.74 Å². The highest BCUT2D eigenvalue weighted by molar-refractivity contribution is 14.1. The van der Waals surface area contributed by atoms with Gasteiger partial charge in [0.2, 0.25) is 0 Å². The fourth-order valence-corrected chi connectivity index (χ4v) is 2.97. The Hall–Kier alpha value is -1.18. The molecule has 0 heterocycles. The maximum atomic E-state index is 13.2. The fourth-order valence-electron chi connectivity index (χ4n) is 2.18. The Balaban J connectivity index is 2.47. The molecule has 0 fully saturated rings. The molecule has 0 aliphatic heterocycles. The van der Waals surface area contributed by atoms with Crippen LogP contribution in [0.3, 0.4) is 0 Å². The lowest BCUT2D eigenvalue weighted by Gasteiger charge is -2.21. The summed E-state index contributed by atoms with van der Waals surface area (Å²) in [7, 11) is 1.63. The zero-order valence-corrected chi connectivity index (χ0v) is 13.4. The first kappa shape index (κ1) is 15.2. The molecule has 20 heavy (non-hydrogen) atoms. The predicted octanol–water partition coefficient (Wildman–Crippen LogP) is 3.30. The Morgan fingerprint density at radius 2 is 1.90 bits per heavy atom. The number of hydrogen-bond donors (Lipinski definition) is 2. The summed E-state index contributed by atoms with van der Waals surface area (Å²) in [4.78, 5) is 0. The smallest absolute Gasteiger partial charge is 0.124 e. The summed E-state index contributed by atoms with van der Waals surface area (Å²) >= 11 is 2.12. The molecule has 0 aliphatic rings. The molecule has 1 unspecified atom stereocenters. The van der Waals surface area contributed by atoms with Gasteiger partial charge in [0.25, 0.3) is 0 Å². The van der Waals surface area contributed by atoms with Crippen LogP contribution in [0.15, 0.2) is 36.4 Å². The van der Waals surface area contributed by atoms with Crippen molar-refractivity contribution in [1.82, 2.24) is 5.43 Å². The first-order chi connectivity index (χ1) is 9.56. The Bertz CT molecular complexity index is 619. The molecule has 0 saturated heterocycles. The molecule has 0 saturated carbocycles. The molecule has 3 N–H and O–H groups in total. The second-order valence-corrected chi connectivity index (χ2v) is 5.65. The number of benzene rings is 2. The minimum absolute atomic E-state index is 0.187. The third kappa shape index (κ3) is 3.11. The average Bonchev–Trinajstić information content (AvgIpc) is 2.43. The first-order valence-corrected chi connectivity index (χ1v) is 7.20. The minimum atomic E-state index is -0.250. The average molecular weight is 386 g/mol. The Labute approximate surface area is 131 Å². The van der Waals surface area contributed by atoms with E-state index in [0.29, 0.717) is 0 Å². The van der Waals surface area contributed by atoms with Gasteiger partial charge in [-0.2, -0.15) is 0 Å². The highest BCUT2D eigenvalue weighted by atomic mass is 127. The number of nitrogens with two attached hydrogens (primary N) is 1. The molecule has 3 nitrogen and oxygen atoms in total. The van der Waals surface area contributed by atoms with Crippen LogP contribution in [0.25, 0.3) is 0 Å². The monoisotopic (exact) mass is 386 g/mol. The van der Waals surface area contributed by atoms with E-state index in [1.165, 1.54) is 12.1 Å². The lowest BCUT2D eigenvalue weighted by molar-refractivity contribution is 0.414. The predicted molar refractivity (Wildman–Crippen MR) is 86.0 cm³/mol. The number of rotatable bonds is 4. The van der Waals surface area contributed by atoms with Crippen molar-refractivity contribution in [3.63, 3.8) is 0 Å². The van der Waals surface area contributed by atoms with E-state index in [1.807, 2.05) is 25.1 Å². The Kier molecular flexibility index (Phi) is 4.95. The van der Waals surface area contributed by atoms with Gasteiger partial charge in [-0.3, -0.25) is 5.84 Å². The zero-order valence-electron chi connectivity index (χ0n) is 11.3. The molecule has 0 radical (unpaired) electrons. The second-order valence-electron chi connectivity index (χ2n) is 4.49. The van der Waals surface area contributed by atoms with Gasteiger partial charge >= 0.3 is 0 Å². The molecule has 2 aromatic carbocycles. The van der Waals surface area contributed by atoms with Crippen LogP contribution >= 0.6 is 22.6 Å². The maximum Gasteiger partial charge on any atom is 0.124 e. The third-order valence-electron chi connectivity index (χ3n) is 3.23. The van der Waals surface area contributed by atoms with Crippen LogP contribution in [-0.4, -0.2) is 7.11 Å². The number of aryl methyl sites for hydroxylation is 1. The normalized spacial score (nSPS) is 12.2. The van der Waals surface area contributed by atoms with Gasteiger partial charge in [-0.05, 0) is 70.5 Å². The summed E-state index contributed by atoms with van der Waals surface area (Å²) in [5, 5.41) is 0. The van der Waals surface area contributed by atoms with E-state index in [-0.39, 0.29) is 11.9 Å². The van der Waals surface area contributed by atoms with Gasteiger partial charge in [0.15, 0.2) is 0 Å². The quantitative estimate of drug-likeness (QED) is 0.482. The van der Waals surface area contributed by atoms with Gasteiger partial charge in [0, 0.05) is 3.57 Å². The number of hydrazine groups is 1. The molecule has 0 aromatic heterocycles. The summed E-state index contributed by atoms with van der Waals surface area (Å²) in [6.45, 7) is 2.00. The SMILES string of the molecule is COc1ccc(C(NN)c2ccc(F)cc2I)c(C)c1. The van der Waals surface area contributed by atoms with Crippen molar-refractivity contribution >= 4 is 22.6 Å². The lowest BCUT2D eigenvalue weighted by atomic mass is 9.95. The molecule has 0 aliphatic carbocycles. The number of nitrogens with one attached hydrogen (secondary N) is 1. The summed E-state index contributed by atoms with van der Waals surface area (Å²) in [6.07, 6.45) is 0. The number of ether oxygens (including phenoxy) is 1. The van der Waals surface area contributed by atoms with Gasteiger partial charge in [-0.25, -0.2) is 9.82 Å². The van der Waals surface area contributed by atoms with Gasteiger partial charge in [0.05, 0.1) is 13.2 Å². The molecular weight excluding hydrogens is 370 g/mol. The maximum absolute atomic E-state index is 13.2. The van der Waals surface area contributed by atoms with E-state index < -0.39 is 0 Å². The van der Waals surface area contributed by atoms with Crippen molar-refractivity contribution in [3.8, 4) is 5.75 Å². The zero-order chi connectivity index (χ0) is 14.7. The molecule has 0 amide bonds. The van der Waals surface area contributed by atoms with Crippen LogP contribution in [0.5, 0.6) is 5.75 Å². The van der Waals surface area contributed by atoms with Gasteiger partial charge in [0.1, 0.15) is 11.6 Å². The van der Waals surface area contributed by atoms with Gasteiger partial charge in [-0.15, -0.1) is 0 Å². The first-order valence-electron chi connectivity index (χ1n) is 6.12. The highest BCUT2D eigenvalue weighted by Gasteiger charge is 2.18. The minimum Gasteiger partial charge on any atom is -0.497 e. The van der Waals surface area contributed by atoms with E-state index in [1.54, 1.807) is 13.2 Å². The van der Waals surface area contributed by atoms with Crippen molar-refractivity contribution < 1.29 is 9.13 Å². The van der Waals surface area contributed by atoms with Crippen LogP contribution in [-0.2, 0) is 0 Å². The standard InChI is InChI=1S/C15H16FIN2O/c1-9-7-11(20-2)4-6-12(9)15(19-18)13-5-3-10(16)8-14(13)17/h3-8,15,19H,18H2,1-2H3. The molecule has 5 heteroatoms. The van der Waals surface area contributed by atoms with E-state index in [2.05, 4.69) is 28.0 Å². The van der Waals surface area contributed by atoms with Crippen molar-refractivity contribution in [2.24, 2.45) is 5.84 Å². The van der Waals surface area contributed by atoms with Crippen molar-refractivity contribution in [1.29, 1.82) is 0 Å². The van der Waals surface area contributed by atoms with Crippen LogP contribution in [0.2, 0.25) is 0 Å². The summed E-state index contributed by atoms with van der Waals surface area (Å²) in [6, 6.07) is 10.3. The van der Waals surface area contributed by atoms with E-state index in [9.17, 15) is 4.39 Å². The molecule has 2 aromatic rings. The second kappa shape index (κ2) is 6.51. The van der Waals surface area contributed by atoms with Crippen molar-refractivity contribution in [2.75, 3.05) is 7.11 Å². The summed E-state index contributed by atoms with van der Waals surface area (Å²) in [5.74, 6) is 6.26. The third-order valence-corrected chi connectivity index (χ3v) is 4.16. The lowest BCUT2D eigenvalue weighted by Crippen LogP contribution is -2.30. The Morgan fingerprint density at radius 1 is 1.20 bits per heavy atom. The number of hydrogen-bond acceptors (Lipinski definition) is 3. The van der Waals surface area contributed by atoms with E-state index >= 15 is 0 Å². The number of methoxy groups -OCH3 is 1. The fraction of sp³-hybridized carbons (Fsp3) is 0.200. The molecule has 0 bridgehead atoms. The van der Waals surface area contributed by atoms with Crippen LogP contribution < -0.4 is 16.0 Å². The Morgan fingerprint density at radius 3 is 2.45 bits per heavy atom. The van der Waals surface area contributed by atoms with Gasteiger partial charge in [-0.1, -0.05) is 12.1 Å².